The van der Waals surface area contributed by atoms with E-state index in [4.69, 9.17) is 0 Å². The van der Waals surface area contributed by atoms with Crippen LogP contribution in [0.3, 0.4) is 0 Å². The van der Waals surface area contributed by atoms with E-state index in [1.807, 2.05) is 25.2 Å². The van der Waals surface area contributed by atoms with Gasteiger partial charge in [0.1, 0.15) is 5.65 Å². The van der Waals surface area contributed by atoms with Crippen molar-refractivity contribution in [2.24, 2.45) is 7.05 Å². The lowest BCUT2D eigenvalue weighted by Crippen LogP contribution is -2.33. The first kappa shape index (κ1) is 24.6. The van der Waals surface area contributed by atoms with Crippen LogP contribution in [0, 0.1) is 0 Å². The summed E-state index contributed by atoms with van der Waals surface area (Å²) in [6.07, 6.45) is 5.35. The minimum atomic E-state index is -1.04. The Bertz CT molecular complexity index is 1450. The number of carbonyl (C=O) groups is 2. The van der Waals surface area contributed by atoms with Gasteiger partial charge in [-0.3, -0.25) is 9.69 Å². The van der Waals surface area contributed by atoms with Crippen molar-refractivity contribution in [3.63, 3.8) is 0 Å². The molecule has 4 aromatic rings. The van der Waals surface area contributed by atoms with Gasteiger partial charge < -0.3 is 14.6 Å². The quantitative estimate of drug-likeness (QED) is 0.424. The van der Waals surface area contributed by atoms with Crippen LogP contribution in [-0.2, 0) is 13.6 Å². The summed E-state index contributed by atoms with van der Waals surface area (Å²) in [7, 11) is 5.55. The van der Waals surface area contributed by atoms with Crippen molar-refractivity contribution in [3.8, 4) is 11.1 Å². The van der Waals surface area contributed by atoms with E-state index in [9.17, 15) is 14.7 Å². The number of carbonyl (C=O) groups excluding carboxylic acids is 1. The third-order valence-corrected chi connectivity index (χ3v) is 7.34. The van der Waals surface area contributed by atoms with Crippen LogP contribution in [0.15, 0.2) is 60.9 Å². The highest BCUT2D eigenvalue weighted by molar-refractivity contribution is 6.01. The lowest BCUT2D eigenvalue weighted by molar-refractivity contribution is 0.0691. The average Bonchev–Trinajstić information content (AvgIpc) is 3.23. The highest BCUT2D eigenvalue weighted by Gasteiger charge is 2.23. The zero-order valence-electron chi connectivity index (χ0n) is 21.4. The van der Waals surface area contributed by atoms with E-state index in [0.29, 0.717) is 11.5 Å². The molecule has 0 unspecified atom stereocenters. The Kier molecular flexibility index (Phi) is 6.76. The fourth-order valence-electron chi connectivity index (χ4n) is 5.26. The minimum absolute atomic E-state index is 0.0247. The van der Waals surface area contributed by atoms with Crippen molar-refractivity contribution in [3.05, 3.63) is 83.4 Å². The first-order valence-electron chi connectivity index (χ1n) is 12.5. The molecule has 1 aliphatic rings. The van der Waals surface area contributed by atoms with Crippen LogP contribution < -0.4 is 0 Å². The van der Waals surface area contributed by atoms with E-state index in [0.717, 1.165) is 60.3 Å². The number of benzene rings is 1. The molecule has 5 rings (SSSR count). The molecule has 0 radical (unpaired) electrons. The van der Waals surface area contributed by atoms with Crippen LogP contribution in [0.5, 0.6) is 0 Å². The van der Waals surface area contributed by atoms with Gasteiger partial charge in [-0.25, -0.2) is 14.8 Å². The Hall–Kier alpha value is -4.04. The van der Waals surface area contributed by atoms with E-state index in [-0.39, 0.29) is 11.6 Å². The fourth-order valence-corrected chi connectivity index (χ4v) is 5.26. The number of pyridine rings is 2. The van der Waals surface area contributed by atoms with Gasteiger partial charge >= 0.3 is 5.97 Å². The standard InChI is InChI=1S/C29H31N5O3/c1-32(2)28(35)21-8-6-19(7-9-21)20-11-15-34(16-12-20)18-22-17-25-23(10-14-31-27(25)33(22)3)24-5-4-13-30-26(24)29(36)37/h4-10,13-14,17,20H,11-12,15-16,18H2,1-3H3,(H,36,37). The second-order valence-corrected chi connectivity index (χ2v) is 9.87. The molecule has 1 saturated heterocycles. The smallest absolute Gasteiger partial charge is 0.355 e. The Morgan fingerprint density at radius 2 is 1.73 bits per heavy atom. The van der Waals surface area contributed by atoms with Crippen molar-refractivity contribution >= 4 is 22.9 Å². The van der Waals surface area contributed by atoms with Crippen LogP contribution in [-0.4, -0.2) is 68.5 Å². The molecule has 3 aromatic heterocycles. The number of hydrogen-bond acceptors (Lipinski definition) is 5. The van der Waals surface area contributed by atoms with Crippen LogP contribution in [0.4, 0.5) is 0 Å². The number of fused-ring (bicyclic) bond motifs is 1. The molecule has 4 heterocycles. The number of aromatic carboxylic acids is 1. The molecular weight excluding hydrogens is 466 g/mol. The maximum absolute atomic E-state index is 12.2. The predicted molar refractivity (Wildman–Crippen MR) is 143 cm³/mol. The van der Waals surface area contributed by atoms with E-state index < -0.39 is 5.97 Å². The fraction of sp³-hybridized carbons (Fsp3) is 0.310. The van der Waals surface area contributed by atoms with Crippen molar-refractivity contribution in [2.45, 2.75) is 25.3 Å². The average molecular weight is 498 g/mol. The number of likely N-dealkylation sites (tertiary alicyclic amines) is 1. The molecule has 0 saturated carbocycles. The maximum Gasteiger partial charge on any atom is 0.355 e. The summed E-state index contributed by atoms with van der Waals surface area (Å²) < 4.78 is 2.10. The number of piperidine rings is 1. The lowest BCUT2D eigenvalue weighted by Gasteiger charge is -2.32. The molecule has 8 nitrogen and oxygen atoms in total. The largest absolute Gasteiger partial charge is 0.476 e. The van der Waals surface area contributed by atoms with E-state index >= 15 is 0 Å². The van der Waals surface area contributed by atoms with Crippen molar-refractivity contribution in [1.29, 1.82) is 0 Å². The van der Waals surface area contributed by atoms with Gasteiger partial charge in [-0.1, -0.05) is 18.2 Å². The summed E-state index contributed by atoms with van der Waals surface area (Å²) in [6.45, 7) is 2.77. The topological polar surface area (TPSA) is 91.6 Å². The summed E-state index contributed by atoms with van der Waals surface area (Å²) in [6, 6.07) is 15.6. The molecule has 37 heavy (non-hydrogen) atoms. The molecule has 1 aliphatic heterocycles. The maximum atomic E-state index is 12.2. The molecule has 0 atom stereocenters. The number of amides is 1. The van der Waals surface area contributed by atoms with Crippen LogP contribution in [0.1, 0.15) is 50.9 Å². The predicted octanol–water partition coefficient (Wildman–Crippen LogP) is 4.41. The summed E-state index contributed by atoms with van der Waals surface area (Å²) in [4.78, 5) is 36.7. The van der Waals surface area contributed by atoms with Crippen molar-refractivity contribution in [2.75, 3.05) is 27.2 Å². The molecule has 8 heteroatoms. The summed E-state index contributed by atoms with van der Waals surface area (Å²) >= 11 is 0. The Morgan fingerprint density at radius 1 is 1.00 bits per heavy atom. The van der Waals surface area contributed by atoms with Crippen LogP contribution in [0.25, 0.3) is 22.2 Å². The Balaban J connectivity index is 1.31. The molecule has 0 bridgehead atoms. The van der Waals surface area contributed by atoms with Crippen molar-refractivity contribution in [1.82, 2.24) is 24.3 Å². The van der Waals surface area contributed by atoms with Crippen LogP contribution >= 0.6 is 0 Å². The molecule has 0 aliphatic carbocycles. The van der Waals surface area contributed by atoms with E-state index in [2.05, 4.69) is 37.6 Å². The second kappa shape index (κ2) is 10.1. The van der Waals surface area contributed by atoms with Gasteiger partial charge in [0.15, 0.2) is 5.69 Å². The summed E-state index contributed by atoms with van der Waals surface area (Å²) in [5.74, 6) is -0.532. The number of rotatable bonds is 6. The number of aryl methyl sites for hydroxylation is 1. The molecule has 190 valence electrons. The molecule has 1 fully saturated rings. The number of hydrogen-bond donors (Lipinski definition) is 1. The van der Waals surface area contributed by atoms with Gasteiger partial charge in [0.25, 0.3) is 5.91 Å². The minimum Gasteiger partial charge on any atom is -0.476 e. The SMILES string of the molecule is CN(C)C(=O)c1ccc(C2CCN(Cc3cc4c(-c5cccnc5C(=O)O)ccnc4n3C)CC2)cc1. The molecular formula is C29H31N5O3. The third kappa shape index (κ3) is 4.84. The van der Waals surface area contributed by atoms with Crippen molar-refractivity contribution < 1.29 is 14.7 Å². The third-order valence-electron chi connectivity index (χ3n) is 7.34. The lowest BCUT2D eigenvalue weighted by atomic mass is 9.89. The van der Waals surface area contributed by atoms with Crippen LogP contribution in [0.2, 0.25) is 0 Å². The summed E-state index contributed by atoms with van der Waals surface area (Å²) in [5.41, 5.74) is 5.44. The van der Waals surface area contributed by atoms with Gasteiger partial charge in [0.2, 0.25) is 0 Å². The molecule has 1 N–H and O–H groups in total. The first-order chi connectivity index (χ1) is 17.8. The molecule has 1 aromatic carbocycles. The molecule has 1 amide bonds. The Labute approximate surface area is 216 Å². The number of carboxylic acid groups (broad SMARTS) is 1. The summed E-state index contributed by atoms with van der Waals surface area (Å²) in [5, 5.41) is 10.6. The second-order valence-electron chi connectivity index (χ2n) is 9.87. The number of carboxylic acids is 1. The van der Waals surface area contributed by atoms with Gasteiger partial charge in [-0.15, -0.1) is 0 Å². The number of aromatic nitrogens is 3. The highest BCUT2D eigenvalue weighted by Crippen LogP contribution is 2.33. The van der Waals surface area contributed by atoms with E-state index in [1.54, 1.807) is 37.3 Å². The highest BCUT2D eigenvalue weighted by atomic mass is 16.4. The van der Waals surface area contributed by atoms with Gasteiger partial charge in [-0.05, 0) is 73.3 Å². The van der Waals surface area contributed by atoms with E-state index in [1.165, 1.54) is 11.8 Å². The number of nitrogens with zero attached hydrogens (tertiary/aromatic N) is 5. The monoisotopic (exact) mass is 497 g/mol. The Morgan fingerprint density at radius 3 is 2.41 bits per heavy atom. The first-order valence-corrected chi connectivity index (χ1v) is 12.5. The zero-order chi connectivity index (χ0) is 26.1. The van der Waals surface area contributed by atoms with Gasteiger partial charge in [-0.2, -0.15) is 0 Å². The van der Waals surface area contributed by atoms with Gasteiger partial charge in [0, 0.05) is 62.3 Å². The van der Waals surface area contributed by atoms with Gasteiger partial charge in [0.05, 0.1) is 0 Å². The zero-order valence-corrected chi connectivity index (χ0v) is 21.4. The normalized spacial score (nSPS) is 14.7. The molecule has 0 spiro atoms.